The summed E-state index contributed by atoms with van der Waals surface area (Å²) in [6, 6.07) is 7.76. The molecule has 0 spiro atoms. The number of para-hydroxylation sites is 1. The number of anilines is 1. The van der Waals surface area contributed by atoms with Crippen LogP contribution in [-0.2, 0) is 19.7 Å². The number of hydrogen-bond donors (Lipinski definition) is 0. The molecule has 1 aromatic carbocycles. The van der Waals surface area contributed by atoms with E-state index >= 15 is 0 Å². The minimum atomic E-state index is -0.524. The van der Waals surface area contributed by atoms with E-state index in [1.165, 1.54) is 7.11 Å². The molecule has 0 N–H and O–H groups in total. The lowest BCUT2D eigenvalue weighted by Gasteiger charge is -2.19. The molecule has 0 atom stereocenters. The summed E-state index contributed by atoms with van der Waals surface area (Å²) in [4.78, 5) is 25.6. The molecule has 0 aliphatic carbocycles. The highest BCUT2D eigenvalue weighted by atomic mass is 16.5. The zero-order valence-corrected chi connectivity index (χ0v) is 12.3. The van der Waals surface area contributed by atoms with Crippen LogP contribution in [0.25, 0.3) is 0 Å². The molecule has 1 aliphatic rings. The Kier molecular flexibility index (Phi) is 3.66. The third kappa shape index (κ3) is 2.22. The molecule has 0 bridgehead atoms. The van der Waals surface area contributed by atoms with Crippen molar-refractivity contribution >= 4 is 17.6 Å². The van der Waals surface area contributed by atoms with Crippen LogP contribution in [0.5, 0.6) is 0 Å². The summed E-state index contributed by atoms with van der Waals surface area (Å²) in [7, 11) is 1.35. The lowest BCUT2D eigenvalue weighted by molar-refractivity contribution is -0.136. The van der Waals surface area contributed by atoms with Crippen LogP contribution in [0.4, 0.5) is 5.69 Å². The summed E-state index contributed by atoms with van der Waals surface area (Å²) >= 11 is 0. The largest absolute Gasteiger partial charge is 0.466 e. The van der Waals surface area contributed by atoms with Gasteiger partial charge in [0.05, 0.1) is 12.5 Å². The van der Waals surface area contributed by atoms with Crippen molar-refractivity contribution in [1.29, 1.82) is 0 Å². The van der Waals surface area contributed by atoms with Gasteiger partial charge in [-0.3, -0.25) is 4.79 Å². The fraction of sp³-hybridized carbons (Fsp3) is 0.375. The lowest BCUT2D eigenvalue weighted by Crippen LogP contribution is -2.36. The van der Waals surface area contributed by atoms with Gasteiger partial charge in [0.15, 0.2) is 0 Å². The van der Waals surface area contributed by atoms with Crippen molar-refractivity contribution in [2.45, 2.75) is 26.2 Å². The smallest absolute Gasteiger partial charge is 0.333 e. The zero-order chi connectivity index (χ0) is 14.9. The number of carbonyl (C=O) groups is 2. The first-order valence-corrected chi connectivity index (χ1v) is 6.56. The number of methoxy groups -OCH3 is 1. The predicted octanol–water partition coefficient (Wildman–Crippen LogP) is 2.43. The molecular weight excluding hydrogens is 254 g/mol. The van der Waals surface area contributed by atoms with Gasteiger partial charge in [0.25, 0.3) is 0 Å². The second-order valence-corrected chi connectivity index (χ2v) is 5.44. The molecule has 0 saturated heterocycles. The highest BCUT2D eigenvalue weighted by Gasteiger charge is 2.43. The highest BCUT2D eigenvalue weighted by molar-refractivity contribution is 6.07. The minimum Gasteiger partial charge on any atom is -0.466 e. The normalized spacial score (nSPS) is 17.1. The Morgan fingerprint density at radius 2 is 2.00 bits per heavy atom. The van der Waals surface area contributed by atoms with E-state index in [2.05, 4.69) is 4.74 Å². The van der Waals surface area contributed by atoms with E-state index in [0.717, 1.165) is 11.3 Å². The second-order valence-electron chi connectivity index (χ2n) is 5.44. The van der Waals surface area contributed by atoms with E-state index in [4.69, 9.17) is 0 Å². The molecule has 0 aromatic heterocycles. The lowest BCUT2D eigenvalue weighted by atomic mass is 9.86. The van der Waals surface area contributed by atoms with Crippen LogP contribution in [0, 0.1) is 0 Å². The first-order valence-electron chi connectivity index (χ1n) is 6.56. The molecular formula is C16H19NO3. The highest BCUT2D eigenvalue weighted by Crippen LogP contribution is 2.41. The molecule has 20 heavy (non-hydrogen) atoms. The third-order valence-electron chi connectivity index (χ3n) is 3.74. The van der Waals surface area contributed by atoms with Gasteiger partial charge in [-0.1, -0.05) is 24.3 Å². The fourth-order valence-electron chi connectivity index (χ4n) is 2.45. The van der Waals surface area contributed by atoms with Gasteiger partial charge in [-0.15, -0.1) is 0 Å². The van der Waals surface area contributed by atoms with Crippen LogP contribution in [0.1, 0.15) is 26.3 Å². The van der Waals surface area contributed by atoms with E-state index in [-0.39, 0.29) is 11.9 Å². The number of rotatable bonds is 3. The van der Waals surface area contributed by atoms with Crippen LogP contribution >= 0.6 is 0 Å². The molecule has 106 valence electrons. The summed E-state index contributed by atoms with van der Waals surface area (Å²) < 4.78 is 4.65. The fourth-order valence-corrected chi connectivity index (χ4v) is 2.45. The Hall–Kier alpha value is -2.10. The van der Waals surface area contributed by atoms with Crippen LogP contribution in [0.2, 0.25) is 0 Å². The van der Waals surface area contributed by atoms with Gasteiger partial charge in [0.1, 0.15) is 0 Å². The Bertz CT molecular complexity index is 587. The van der Waals surface area contributed by atoms with Crippen LogP contribution in [0.3, 0.4) is 0 Å². The summed E-state index contributed by atoms with van der Waals surface area (Å²) in [5, 5.41) is 0. The van der Waals surface area contributed by atoms with Crippen molar-refractivity contribution < 1.29 is 14.3 Å². The average Bonchev–Trinajstić information content (AvgIpc) is 2.64. The van der Waals surface area contributed by atoms with Gasteiger partial charge in [0, 0.05) is 17.8 Å². The molecule has 4 nitrogen and oxygen atoms in total. The molecule has 0 radical (unpaired) electrons. The minimum absolute atomic E-state index is 0.0487. The molecule has 1 aromatic rings. The topological polar surface area (TPSA) is 46.6 Å². The molecule has 0 saturated carbocycles. The van der Waals surface area contributed by atoms with E-state index in [1.54, 1.807) is 17.9 Å². The maximum atomic E-state index is 12.5. The number of fused-ring (bicyclic) bond motifs is 1. The first kappa shape index (κ1) is 14.3. The standard InChI is InChI=1S/C16H19NO3/c1-11(14(18)20-4)9-10-17-13-8-6-5-7-12(13)16(2,3)15(17)19/h5-9H,10H2,1-4H3/b11-9+. The quantitative estimate of drug-likeness (QED) is 0.627. The van der Waals surface area contributed by atoms with Crippen LogP contribution in [0.15, 0.2) is 35.9 Å². The maximum Gasteiger partial charge on any atom is 0.333 e. The van der Waals surface area contributed by atoms with Gasteiger partial charge in [0.2, 0.25) is 5.91 Å². The van der Waals surface area contributed by atoms with Gasteiger partial charge < -0.3 is 9.64 Å². The van der Waals surface area contributed by atoms with Crippen molar-refractivity contribution in [2.75, 3.05) is 18.6 Å². The Labute approximate surface area is 119 Å². The molecule has 4 heteroatoms. The number of ether oxygens (including phenoxy) is 1. The zero-order valence-electron chi connectivity index (χ0n) is 12.3. The van der Waals surface area contributed by atoms with Crippen molar-refractivity contribution in [3.63, 3.8) is 0 Å². The molecule has 1 aliphatic heterocycles. The number of carbonyl (C=O) groups excluding carboxylic acids is 2. The van der Waals surface area contributed by atoms with Crippen molar-refractivity contribution in [2.24, 2.45) is 0 Å². The summed E-state index contributed by atoms with van der Waals surface area (Å²) in [6.45, 7) is 5.90. The number of esters is 1. The van der Waals surface area contributed by atoms with E-state index < -0.39 is 5.41 Å². The number of amides is 1. The first-order chi connectivity index (χ1) is 9.39. The summed E-state index contributed by atoms with van der Waals surface area (Å²) in [5.41, 5.74) is 1.91. The molecule has 0 fully saturated rings. The number of nitrogens with zero attached hydrogens (tertiary/aromatic N) is 1. The van der Waals surface area contributed by atoms with Gasteiger partial charge in [-0.25, -0.2) is 4.79 Å². The van der Waals surface area contributed by atoms with Crippen LogP contribution in [-0.4, -0.2) is 25.5 Å². The van der Waals surface area contributed by atoms with E-state index in [0.29, 0.717) is 12.1 Å². The number of hydrogen-bond acceptors (Lipinski definition) is 3. The molecule has 1 heterocycles. The van der Waals surface area contributed by atoms with E-state index in [1.807, 2.05) is 38.1 Å². The maximum absolute atomic E-state index is 12.5. The van der Waals surface area contributed by atoms with Gasteiger partial charge in [-0.2, -0.15) is 0 Å². The van der Waals surface area contributed by atoms with Crippen molar-refractivity contribution in [3.05, 3.63) is 41.5 Å². The molecule has 1 amide bonds. The van der Waals surface area contributed by atoms with Crippen LogP contribution < -0.4 is 4.90 Å². The third-order valence-corrected chi connectivity index (χ3v) is 3.74. The molecule has 2 rings (SSSR count). The van der Waals surface area contributed by atoms with Gasteiger partial charge >= 0.3 is 5.97 Å². The predicted molar refractivity (Wildman–Crippen MR) is 77.6 cm³/mol. The summed E-state index contributed by atoms with van der Waals surface area (Å²) in [6.07, 6.45) is 1.72. The Balaban J connectivity index is 2.31. The second kappa shape index (κ2) is 5.12. The number of benzene rings is 1. The Morgan fingerprint density at radius 1 is 1.35 bits per heavy atom. The summed E-state index contributed by atoms with van der Waals surface area (Å²) in [5.74, 6) is -0.322. The van der Waals surface area contributed by atoms with Gasteiger partial charge in [-0.05, 0) is 32.4 Å². The average molecular weight is 273 g/mol. The molecule has 0 unspecified atom stereocenters. The van der Waals surface area contributed by atoms with Crippen molar-refractivity contribution in [1.82, 2.24) is 0 Å². The van der Waals surface area contributed by atoms with Crippen molar-refractivity contribution in [3.8, 4) is 0 Å². The SMILES string of the molecule is COC(=O)/C(C)=C/CN1C(=O)C(C)(C)c2ccccc21. The Morgan fingerprint density at radius 3 is 2.65 bits per heavy atom. The monoisotopic (exact) mass is 273 g/mol. The van der Waals surface area contributed by atoms with E-state index in [9.17, 15) is 9.59 Å².